The van der Waals surface area contributed by atoms with E-state index < -0.39 is 0 Å². The van der Waals surface area contributed by atoms with Crippen molar-refractivity contribution in [3.63, 3.8) is 0 Å². The predicted octanol–water partition coefficient (Wildman–Crippen LogP) is 8.85. The highest BCUT2D eigenvalue weighted by molar-refractivity contribution is 6.01. The third-order valence-corrected chi connectivity index (χ3v) is 7.64. The minimum atomic E-state index is 0.692. The summed E-state index contributed by atoms with van der Waals surface area (Å²) in [6.07, 6.45) is 5.20. The summed E-state index contributed by atoms with van der Waals surface area (Å²) in [5.41, 5.74) is 17.6. The summed E-state index contributed by atoms with van der Waals surface area (Å²) in [5.74, 6) is 2.08. The fourth-order valence-electron chi connectivity index (χ4n) is 4.91. The van der Waals surface area contributed by atoms with Crippen molar-refractivity contribution >= 4 is 51.7 Å². The van der Waals surface area contributed by atoms with Crippen LogP contribution in [-0.2, 0) is 0 Å². The minimum Gasteiger partial charge on any atom is -0.311 e. The molecule has 10 nitrogen and oxygen atoms in total. The van der Waals surface area contributed by atoms with E-state index in [9.17, 15) is 0 Å². The Kier molecular flexibility index (Phi) is 10.4. The monoisotopic (exact) mass is 644 g/mol. The molecular weight excluding hydrogens is 608 g/mol. The van der Waals surface area contributed by atoms with Crippen LogP contribution >= 0.6 is 0 Å². The molecule has 242 valence electrons. The van der Waals surface area contributed by atoms with Crippen LogP contribution in [0.15, 0.2) is 161 Å². The van der Waals surface area contributed by atoms with Gasteiger partial charge >= 0.3 is 0 Å². The Balaban J connectivity index is 1.26. The topological polar surface area (TPSA) is 115 Å². The molecule has 6 rings (SSSR count). The predicted molar refractivity (Wildman–Crippen MR) is 201 cm³/mol. The molecule has 0 bridgehead atoms. The Hall–Kier alpha value is -6.68. The normalized spacial score (nSPS) is 11.9. The molecular formula is C39H36N10. The molecule has 3 heterocycles. The van der Waals surface area contributed by atoms with Gasteiger partial charge in [-0.15, -0.1) is 0 Å². The van der Waals surface area contributed by atoms with Crippen molar-refractivity contribution in [2.24, 2.45) is 15.3 Å². The summed E-state index contributed by atoms with van der Waals surface area (Å²) in [5, 5.41) is 13.6. The lowest BCUT2D eigenvalue weighted by atomic mass is 10.1. The number of rotatable bonds is 12. The third-order valence-electron chi connectivity index (χ3n) is 7.64. The highest BCUT2D eigenvalue weighted by Gasteiger charge is 2.14. The molecule has 0 saturated carbocycles. The van der Waals surface area contributed by atoms with Crippen molar-refractivity contribution in [2.75, 3.05) is 21.2 Å². The minimum absolute atomic E-state index is 0.692. The molecule has 0 aliphatic rings. The third kappa shape index (κ3) is 8.57. The van der Waals surface area contributed by atoms with Crippen LogP contribution in [0.25, 0.3) is 0 Å². The summed E-state index contributed by atoms with van der Waals surface area (Å²) in [7, 11) is 0. The molecule has 0 radical (unpaired) electrons. The lowest BCUT2D eigenvalue weighted by Crippen LogP contribution is -2.11. The lowest BCUT2D eigenvalue weighted by molar-refractivity contribution is 1.22. The number of hydrogen-bond acceptors (Lipinski definition) is 10. The van der Waals surface area contributed by atoms with Crippen molar-refractivity contribution in [3.8, 4) is 0 Å². The first kappa shape index (κ1) is 32.3. The molecule has 0 saturated heterocycles. The van der Waals surface area contributed by atoms with Gasteiger partial charge in [0.15, 0.2) is 0 Å². The van der Waals surface area contributed by atoms with E-state index in [0.29, 0.717) is 17.5 Å². The zero-order valence-electron chi connectivity index (χ0n) is 27.5. The van der Waals surface area contributed by atoms with Gasteiger partial charge in [0, 0.05) is 35.7 Å². The van der Waals surface area contributed by atoms with E-state index in [1.54, 1.807) is 18.6 Å². The van der Waals surface area contributed by atoms with Crippen LogP contribution in [0.2, 0.25) is 0 Å². The van der Waals surface area contributed by atoms with Crippen LogP contribution in [0.3, 0.4) is 0 Å². The maximum absolute atomic E-state index is 4.53. The maximum atomic E-state index is 4.53. The summed E-state index contributed by atoms with van der Waals surface area (Å²) >= 11 is 0. The van der Waals surface area contributed by atoms with Gasteiger partial charge in [-0.25, -0.2) is 15.0 Å². The number of nitrogens with zero attached hydrogens (tertiary/aromatic N) is 7. The number of hydrazone groups is 3. The molecule has 6 aromatic rings. The summed E-state index contributed by atoms with van der Waals surface area (Å²) in [6.45, 7) is 5.91. The van der Waals surface area contributed by atoms with E-state index in [1.165, 1.54) is 0 Å². The Labute approximate surface area is 286 Å². The number of hydrogen-bond donors (Lipinski definition) is 3. The smallest absolute Gasteiger partial charge is 0.146 e. The number of pyridine rings is 3. The molecule has 3 aromatic heterocycles. The Morgan fingerprint density at radius 3 is 0.939 bits per heavy atom. The van der Waals surface area contributed by atoms with E-state index in [2.05, 4.69) is 124 Å². The van der Waals surface area contributed by atoms with Gasteiger partial charge in [0.25, 0.3) is 0 Å². The largest absolute Gasteiger partial charge is 0.311 e. The zero-order valence-corrected chi connectivity index (χ0v) is 27.5. The summed E-state index contributed by atoms with van der Waals surface area (Å²) in [4.78, 5) is 15.1. The molecule has 3 N–H and O–H groups in total. The van der Waals surface area contributed by atoms with Crippen molar-refractivity contribution in [1.29, 1.82) is 0 Å². The first-order valence-corrected chi connectivity index (χ1v) is 15.8. The summed E-state index contributed by atoms with van der Waals surface area (Å²) in [6, 6.07) is 42.1. The number of anilines is 6. The quantitative estimate of drug-likeness (QED) is 0.0900. The first-order chi connectivity index (χ1) is 24.0. The average Bonchev–Trinajstić information content (AvgIpc) is 3.17. The molecule has 0 aliphatic heterocycles. The van der Waals surface area contributed by atoms with Gasteiger partial charge in [0.05, 0.1) is 17.1 Å². The van der Waals surface area contributed by atoms with E-state index >= 15 is 0 Å². The standard InChI is InChI=1S/C39H36N10/c1-28(43-46-37-10-4-7-25-40-37)31-13-19-34(20-14-31)49(35-21-15-32(16-22-35)29(2)44-47-38-11-5-8-26-41-38)36-23-17-33(18-24-36)30(3)45-48-39-12-6-9-27-42-39/h4-27H,1-3H3,(H,40,46)(H,41,47)(H,42,48)/b43-28+,44-29+,45-30+. The number of benzene rings is 3. The summed E-state index contributed by atoms with van der Waals surface area (Å²) < 4.78 is 0. The van der Waals surface area contributed by atoms with Crippen LogP contribution in [0.4, 0.5) is 34.5 Å². The molecule has 0 amide bonds. The fourth-order valence-corrected chi connectivity index (χ4v) is 4.91. The molecule has 49 heavy (non-hydrogen) atoms. The Morgan fingerprint density at radius 1 is 0.408 bits per heavy atom. The van der Waals surface area contributed by atoms with Crippen LogP contribution in [-0.4, -0.2) is 32.1 Å². The van der Waals surface area contributed by atoms with E-state index in [0.717, 1.165) is 50.9 Å². The Bertz CT molecular complexity index is 1790. The van der Waals surface area contributed by atoms with E-state index in [-0.39, 0.29) is 0 Å². The van der Waals surface area contributed by atoms with Crippen LogP contribution in [0.5, 0.6) is 0 Å². The van der Waals surface area contributed by atoms with Crippen molar-refractivity contribution < 1.29 is 0 Å². The Morgan fingerprint density at radius 2 is 0.694 bits per heavy atom. The van der Waals surface area contributed by atoms with Gasteiger partial charge in [0.1, 0.15) is 17.5 Å². The fraction of sp³-hybridized carbons (Fsp3) is 0.0769. The number of aromatic nitrogens is 3. The van der Waals surface area contributed by atoms with Gasteiger partial charge in [0.2, 0.25) is 0 Å². The second-order valence-corrected chi connectivity index (χ2v) is 11.0. The van der Waals surface area contributed by atoms with Gasteiger partial charge in [-0.2, -0.15) is 15.3 Å². The average molecular weight is 645 g/mol. The molecule has 0 unspecified atom stereocenters. The SMILES string of the molecule is C/C(=N\Nc1ccccn1)c1ccc(N(c2ccc(/C(C)=N/Nc3ccccn3)cc2)c2ccc(/C(C)=N/Nc3ccccn3)cc2)cc1. The zero-order chi connectivity index (χ0) is 33.8. The molecule has 0 atom stereocenters. The molecule has 3 aromatic carbocycles. The van der Waals surface area contributed by atoms with Gasteiger partial charge in [-0.1, -0.05) is 54.6 Å². The lowest BCUT2D eigenvalue weighted by Gasteiger charge is -2.26. The maximum Gasteiger partial charge on any atom is 0.146 e. The molecule has 0 spiro atoms. The van der Waals surface area contributed by atoms with E-state index in [1.807, 2.05) is 75.4 Å². The second kappa shape index (κ2) is 15.7. The van der Waals surface area contributed by atoms with Crippen molar-refractivity contribution in [3.05, 3.63) is 163 Å². The van der Waals surface area contributed by atoms with Gasteiger partial charge < -0.3 is 4.90 Å². The van der Waals surface area contributed by atoms with Gasteiger partial charge in [-0.05, 0) is 110 Å². The van der Waals surface area contributed by atoms with Gasteiger partial charge in [-0.3, -0.25) is 16.3 Å². The van der Waals surface area contributed by atoms with Crippen LogP contribution in [0, 0.1) is 0 Å². The molecule has 0 aliphatic carbocycles. The van der Waals surface area contributed by atoms with Crippen LogP contribution < -0.4 is 21.2 Å². The van der Waals surface area contributed by atoms with Crippen LogP contribution in [0.1, 0.15) is 37.5 Å². The molecule has 0 fully saturated rings. The molecule has 10 heteroatoms. The van der Waals surface area contributed by atoms with Crippen molar-refractivity contribution in [2.45, 2.75) is 20.8 Å². The highest BCUT2D eigenvalue weighted by Crippen LogP contribution is 2.35. The second-order valence-electron chi connectivity index (χ2n) is 11.0. The highest BCUT2D eigenvalue weighted by atomic mass is 15.3. The first-order valence-electron chi connectivity index (χ1n) is 15.8. The van der Waals surface area contributed by atoms with Crippen molar-refractivity contribution in [1.82, 2.24) is 15.0 Å². The van der Waals surface area contributed by atoms with E-state index in [4.69, 9.17) is 0 Å². The number of nitrogens with one attached hydrogen (secondary N) is 3.